The first-order valence-electron chi connectivity index (χ1n) is 5.35. The molecule has 0 aliphatic heterocycles. The molecule has 0 heterocycles. The summed E-state index contributed by atoms with van der Waals surface area (Å²) in [6, 6.07) is 0.784. The van der Waals surface area contributed by atoms with E-state index in [0.717, 1.165) is 0 Å². The minimum atomic E-state index is -4.42. The van der Waals surface area contributed by atoms with Gasteiger partial charge in [0.1, 0.15) is 0 Å². The molecular weight excluding hydrogens is 231 g/mol. The Hall–Kier alpha value is 0.0300. The molecule has 0 aliphatic rings. The lowest BCUT2D eigenvalue weighted by Crippen LogP contribution is -2.41. The Kier molecular flexibility index (Phi) is 6.70. The molecule has 0 aromatic carbocycles. The van der Waals surface area contributed by atoms with Crippen LogP contribution in [-0.2, 0) is 9.19 Å². The van der Waals surface area contributed by atoms with Crippen LogP contribution in [0.1, 0.15) is 27.7 Å². The molecule has 0 unspecified atom stereocenters. The lowest BCUT2D eigenvalue weighted by Gasteiger charge is -2.31. The van der Waals surface area contributed by atoms with E-state index in [2.05, 4.69) is 37.2 Å². The summed E-state index contributed by atoms with van der Waals surface area (Å²) in [5.41, 5.74) is 0. The van der Waals surface area contributed by atoms with Crippen LogP contribution in [0.15, 0.2) is 0 Å². The molecule has 98 valence electrons. The normalized spacial score (nSPS) is 13.4. The fraction of sp³-hybridized carbons (Fsp3) is 1.00. The third kappa shape index (κ3) is 7.33. The molecule has 0 aromatic heterocycles. The van der Waals surface area contributed by atoms with Crippen molar-refractivity contribution in [1.82, 2.24) is 9.96 Å². The summed E-state index contributed by atoms with van der Waals surface area (Å²) in [7, 11) is -2.91. The Morgan fingerprint density at radius 2 is 1.56 bits per heavy atom. The zero-order chi connectivity index (χ0) is 12.9. The molecule has 6 nitrogen and oxygen atoms in total. The SMILES string of the molecule is CC(C)N(CCN(C)OP(=O)(O)O)C(C)C. The molecule has 0 atom stereocenters. The van der Waals surface area contributed by atoms with Crippen molar-refractivity contribution in [1.29, 1.82) is 0 Å². The van der Waals surface area contributed by atoms with E-state index >= 15 is 0 Å². The van der Waals surface area contributed by atoms with Crippen LogP contribution in [-0.4, -0.2) is 52.0 Å². The fourth-order valence-corrected chi connectivity index (χ4v) is 2.04. The van der Waals surface area contributed by atoms with Gasteiger partial charge in [0, 0.05) is 32.2 Å². The number of hydrogen-bond donors (Lipinski definition) is 2. The highest BCUT2D eigenvalue weighted by Crippen LogP contribution is 2.36. The summed E-state index contributed by atoms with van der Waals surface area (Å²) in [6.07, 6.45) is 0. The highest BCUT2D eigenvalue weighted by atomic mass is 31.2. The lowest BCUT2D eigenvalue weighted by atomic mass is 10.2. The molecule has 2 N–H and O–H groups in total. The van der Waals surface area contributed by atoms with Gasteiger partial charge in [0.15, 0.2) is 0 Å². The molecule has 0 aliphatic carbocycles. The Labute approximate surface area is 97.4 Å². The van der Waals surface area contributed by atoms with E-state index in [-0.39, 0.29) is 0 Å². The molecule has 7 heteroatoms. The Morgan fingerprint density at radius 1 is 1.12 bits per heavy atom. The highest BCUT2D eigenvalue weighted by molar-refractivity contribution is 7.46. The number of hydrogen-bond acceptors (Lipinski definition) is 4. The molecule has 0 aromatic rings. The number of rotatable bonds is 7. The van der Waals surface area contributed by atoms with E-state index in [4.69, 9.17) is 9.79 Å². The maximum absolute atomic E-state index is 10.6. The van der Waals surface area contributed by atoms with E-state index in [0.29, 0.717) is 25.2 Å². The second kappa shape index (κ2) is 6.69. The molecule has 0 bridgehead atoms. The monoisotopic (exact) mass is 254 g/mol. The molecule has 16 heavy (non-hydrogen) atoms. The van der Waals surface area contributed by atoms with Gasteiger partial charge in [0.25, 0.3) is 0 Å². The standard InChI is InChI=1S/C9H23N2O4P/c1-8(2)11(9(3)4)7-6-10(5)15-16(12,13)14/h8-9H,6-7H2,1-5H3,(H2,12,13,14). The molecule has 0 rings (SSSR count). The summed E-state index contributed by atoms with van der Waals surface area (Å²) < 4.78 is 15.0. The van der Waals surface area contributed by atoms with Crippen LogP contribution in [0.3, 0.4) is 0 Å². The molecule has 0 radical (unpaired) electrons. The van der Waals surface area contributed by atoms with Crippen LogP contribution in [0.25, 0.3) is 0 Å². The Morgan fingerprint density at radius 3 is 1.88 bits per heavy atom. The predicted octanol–water partition coefficient (Wildman–Crippen LogP) is 1.06. The van der Waals surface area contributed by atoms with Crippen molar-refractivity contribution < 1.29 is 19.0 Å². The maximum atomic E-state index is 10.6. The van der Waals surface area contributed by atoms with Gasteiger partial charge in [-0.05, 0) is 27.7 Å². The van der Waals surface area contributed by atoms with Crippen molar-refractivity contribution in [2.75, 3.05) is 20.1 Å². The van der Waals surface area contributed by atoms with Gasteiger partial charge < -0.3 is 9.79 Å². The van der Waals surface area contributed by atoms with Gasteiger partial charge in [0.2, 0.25) is 0 Å². The quantitative estimate of drug-likeness (QED) is 0.523. The second-order valence-corrected chi connectivity index (χ2v) is 5.49. The maximum Gasteiger partial charge on any atom is 0.486 e. The smallest absolute Gasteiger partial charge is 0.302 e. The summed E-state index contributed by atoms with van der Waals surface area (Å²) >= 11 is 0. The Bertz CT molecular complexity index is 234. The van der Waals surface area contributed by atoms with Crippen molar-refractivity contribution >= 4 is 7.82 Å². The third-order valence-electron chi connectivity index (χ3n) is 2.25. The fourth-order valence-electron chi connectivity index (χ4n) is 1.59. The van der Waals surface area contributed by atoms with Crippen molar-refractivity contribution in [3.05, 3.63) is 0 Å². The van der Waals surface area contributed by atoms with Gasteiger partial charge in [-0.25, -0.2) is 4.57 Å². The first-order chi connectivity index (χ1) is 7.13. The topological polar surface area (TPSA) is 73.2 Å². The van der Waals surface area contributed by atoms with Crippen LogP contribution >= 0.6 is 7.82 Å². The van der Waals surface area contributed by atoms with E-state index in [1.807, 2.05) is 0 Å². The van der Waals surface area contributed by atoms with Gasteiger partial charge in [-0.2, -0.15) is 9.69 Å². The molecule has 0 saturated heterocycles. The molecule has 0 fully saturated rings. The van der Waals surface area contributed by atoms with E-state index in [1.165, 1.54) is 12.1 Å². The minimum Gasteiger partial charge on any atom is -0.302 e. The molecule has 0 saturated carbocycles. The van der Waals surface area contributed by atoms with Crippen LogP contribution in [0, 0.1) is 0 Å². The van der Waals surface area contributed by atoms with Crippen molar-refractivity contribution in [2.45, 2.75) is 39.8 Å². The lowest BCUT2D eigenvalue weighted by molar-refractivity contribution is -0.0647. The van der Waals surface area contributed by atoms with E-state index in [1.54, 1.807) is 0 Å². The third-order valence-corrected chi connectivity index (χ3v) is 2.74. The number of likely N-dealkylation sites (N-methyl/N-ethyl adjacent to an activating group) is 1. The summed E-state index contributed by atoms with van der Waals surface area (Å²) in [4.78, 5) is 19.4. The highest BCUT2D eigenvalue weighted by Gasteiger charge is 2.19. The first-order valence-corrected chi connectivity index (χ1v) is 6.88. The van der Waals surface area contributed by atoms with E-state index < -0.39 is 7.82 Å². The van der Waals surface area contributed by atoms with E-state index in [9.17, 15) is 4.57 Å². The van der Waals surface area contributed by atoms with Crippen molar-refractivity contribution in [3.63, 3.8) is 0 Å². The van der Waals surface area contributed by atoms with Crippen LogP contribution in [0.2, 0.25) is 0 Å². The molecular formula is C9H23N2O4P. The van der Waals surface area contributed by atoms with Crippen molar-refractivity contribution in [2.24, 2.45) is 0 Å². The zero-order valence-corrected chi connectivity index (χ0v) is 11.5. The van der Waals surface area contributed by atoms with Gasteiger partial charge >= 0.3 is 7.82 Å². The second-order valence-electron chi connectivity index (χ2n) is 4.35. The van der Waals surface area contributed by atoms with Crippen LogP contribution in [0.4, 0.5) is 0 Å². The van der Waals surface area contributed by atoms with Gasteiger partial charge in [-0.3, -0.25) is 4.90 Å². The molecule has 0 amide bonds. The zero-order valence-electron chi connectivity index (χ0n) is 10.6. The van der Waals surface area contributed by atoms with Gasteiger partial charge in [-0.15, -0.1) is 0 Å². The van der Waals surface area contributed by atoms with Crippen LogP contribution in [0.5, 0.6) is 0 Å². The van der Waals surface area contributed by atoms with Gasteiger partial charge in [-0.1, -0.05) is 0 Å². The van der Waals surface area contributed by atoms with Gasteiger partial charge in [0.05, 0.1) is 0 Å². The predicted molar refractivity (Wildman–Crippen MR) is 62.7 cm³/mol. The first kappa shape index (κ1) is 16.0. The van der Waals surface area contributed by atoms with Crippen molar-refractivity contribution in [3.8, 4) is 0 Å². The minimum absolute atomic E-state index is 0.392. The Balaban J connectivity index is 4.07. The average molecular weight is 254 g/mol. The number of phosphoric acid groups is 1. The number of nitrogens with zero attached hydrogens (tertiary/aromatic N) is 2. The summed E-state index contributed by atoms with van der Waals surface area (Å²) in [6.45, 7) is 9.49. The summed E-state index contributed by atoms with van der Waals surface area (Å²) in [5, 5.41) is 1.18. The molecule has 0 spiro atoms. The largest absolute Gasteiger partial charge is 0.486 e. The number of hydroxylamine groups is 2. The average Bonchev–Trinajstić information content (AvgIpc) is 1.98. The summed E-state index contributed by atoms with van der Waals surface area (Å²) in [5.74, 6) is 0. The van der Waals surface area contributed by atoms with Crippen LogP contribution < -0.4 is 0 Å².